The van der Waals surface area contributed by atoms with Crippen LogP contribution in [0.2, 0.25) is 0 Å². The maximum atomic E-state index is 13.7. The molecular formula is C20H17F2N4OP. The summed E-state index contributed by atoms with van der Waals surface area (Å²) in [5, 5.41) is 4.34. The molecule has 1 atom stereocenters. The van der Waals surface area contributed by atoms with Crippen molar-refractivity contribution < 1.29 is 13.5 Å². The number of aromatic nitrogens is 3. The third-order valence-corrected chi connectivity index (χ3v) is 4.61. The highest BCUT2D eigenvalue weighted by Crippen LogP contribution is 2.36. The number of alkyl halides is 2. The average molecular weight is 398 g/mol. The van der Waals surface area contributed by atoms with Crippen LogP contribution in [-0.2, 0) is 0 Å². The molecule has 0 spiro atoms. The van der Waals surface area contributed by atoms with Gasteiger partial charge in [-0.15, -0.1) is 0 Å². The fourth-order valence-corrected chi connectivity index (χ4v) is 3.33. The van der Waals surface area contributed by atoms with Gasteiger partial charge in [-0.1, -0.05) is 15.3 Å². The molecule has 4 rings (SSSR count). The van der Waals surface area contributed by atoms with E-state index in [0.717, 1.165) is 16.8 Å². The lowest BCUT2D eigenvalue weighted by molar-refractivity contribution is 0.144. The van der Waals surface area contributed by atoms with Gasteiger partial charge in [0.25, 0.3) is 5.66 Å². The quantitative estimate of drug-likeness (QED) is 0.589. The minimum Gasteiger partial charge on any atom is -0.437 e. The predicted octanol–water partition coefficient (Wildman–Crippen LogP) is 4.88. The lowest BCUT2D eigenvalue weighted by Crippen LogP contribution is -2.09. The molecule has 0 fully saturated rings. The summed E-state index contributed by atoms with van der Waals surface area (Å²) in [5.74, 6) is 0.707. The van der Waals surface area contributed by atoms with E-state index in [0.29, 0.717) is 23.6 Å². The summed E-state index contributed by atoms with van der Waals surface area (Å²) in [4.78, 5) is 8.27. The number of ether oxygens (including phenoxy) is 1. The Bertz CT molecular complexity index is 1130. The number of rotatable bonds is 4. The molecule has 8 heteroatoms. The van der Waals surface area contributed by atoms with Gasteiger partial charge in [0.15, 0.2) is 0 Å². The van der Waals surface area contributed by atoms with Crippen molar-refractivity contribution in [1.29, 1.82) is 0 Å². The first-order valence-electron chi connectivity index (χ1n) is 8.60. The molecule has 3 aromatic rings. The van der Waals surface area contributed by atoms with Crippen LogP contribution >= 0.6 is 9.24 Å². The number of pyridine rings is 2. The molecule has 0 aliphatic carbocycles. The van der Waals surface area contributed by atoms with Crippen molar-refractivity contribution in [3.05, 3.63) is 71.9 Å². The van der Waals surface area contributed by atoms with Gasteiger partial charge in [-0.05, 0) is 55.3 Å². The smallest absolute Gasteiger partial charge is 0.300 e. The van der Waals surface area contributed by atoms with Crippen LogP contribution in [0.15, 0.2) is 76.9 Å². The summed E-state index contributed by atoms with van der Waals surface area (Å²) in [5.41, 5.74) is -0.391. The van der Waals surface area contributed by atoms with Gasteiger partial charge < -0.3 is 4.74 Å². The largest absolute Gasteiger partial charge is 0.437 e. The first-order chi connectivity index (χ1) is 13.4. The average Bonchev–Trinajstić information content (AvgIpc) is 3.06. The SMILES string of the molecule is CC1=C(C(F)(F)P)N=CC(Oc2ncccc2-c2cccc3ccnn23)=CC1. The number of fused-ring (bicyclic) bond motifs is 1. The molecule has 1 unspecified atom stereocenters. The van der Waals surface area contributed by atoms with Crippen LogP contribution in [0, 0.1) is 0 Å². The highest BCUT2D eigenvalue weighted by Gasteiger charge is 2.30. The molecule has 0 amide bonds. The van der Waals surface area contributed by atoms with Gasteiger partial charge in [0.1, 0.15) is 11.5 Å². The second-order valence-corrected chi connectivity index (χ2v) is 7.08. The maximum Gasteiger partial charge on any atom is 0.300 e. The van der Waals surface area contributed by atoms with Gasteiger partial charge in [0.2, 0.25) is 5.88 Å². The standard InChI is InChI=1S/C20H17F2N4OP/c1-13-7-8-15(12-24-18(13)20(21,22)28)27-19-16(5-3-10-23-19)17-6-2-4-14-9-11-25-26(14)17/h2-6,8-12H,7,28H2,1H3. The van der Waals surface area contributed by atoms with Gasteiger partial charge >= 0.3 is 0 Å². The fourth-order valence-electron chi connectivity index (χ4n) is 3.01. The highest BCUT2D eigenvalue weighted by molar-refractivity contribution is 7.18. The van der Waals surface area contributed by atoms with E-state index in [1.54, 1.807) is 36.0 Å². The lowest BCUT2D eigenvalue weighted by Gasteiger charge is -2.12. The molecule has 28 heavy (non-hydrogen) atoms. The van der Waals surface area contributed by atoms with Crippen LogP contribution in [0.25, 0.3) is 16.8 Å². The predicted molar refractivity (Wildman–Crippen MR) is 108 cm³/mol. The van der Waals surface area contributed by atoms with E-state index in [-0.39, 0.29) is 5.70 Å². The Hall–Kier alpha value is -2.92. The first-order valence-corrected chi connectivity index (χ1v) is 9.18. The van der Waals surface area contributed by atoms with Crippen LogP contribution in [0.5, 0.6) is 5.88 Å². The van der Waals surface area contributed by atoms with Crippen LogP contribution in [-0.4, -0.2) is 26.5 Å². The van der Waals surface area contributed by atoms with E-state index in [2.05, 4.69) is 15.1 Å². The third kappa shape index (κ3) is 3.58. The highest BCUT2D eigenvalue weighted by atomic mass is 31.0. The number of halogens is 2. The normalized spacial score (nSPS) is 14.9. The molecule has 1 aliphatic heterocycles. The van der Waals surface area contributed by atoms with Crippen LogP contribution in [0.1, 0.15) is 13.3 Å². The summed E-state index contributed by atoms with van der Waals surface area (Å²) in [7, 11) is 1.52. The summed E-state index contributed by atoms with van der Waals surface area (Å²) in [6, 6.07) is 11.4. The Labute approximate surface area is 162 Å². The molecule has 4 heterocycles. The van der Waals surface area contributed by atoms with Crippen molar-refractivity contribution in [2.75, 3.05) is 0 Å². The van der Waals surface area contributed by atoms with Crippen LogP contribution < -0.4 is 4.74 Å². The number of nitrogens with zero attached hydrogens (tertiary/aromatic N) is 4. The number of hydrogen-bond donors (Lipinski definition) is 0. The minimum absolute atomic E-state index is 0.269. The Balaban J connectivity index is 1.69. The Morgan fingerprint density at radius 3 is 2.82 bits per heavy atom. The molecule has 0 aromatic carbocycles. The molecule has 0 N–H and O–H groups in total. The summed E-state index contributed by atoms with van der Waals surface area (Å²) in [6.07, 6.45) is 6.66. The molecule has 0 saturated heterocycles. The Morgan fingerprint density at radius 1 is 1.14 bits per heavy atom. The minimum atomic E-state index is -3.09. The summed E-state index contributed by atoms with van der Waals surface area (Å²) < 4.78 is 35.1. The van der Waals surface area contributed by atoms with Crippen molar-refractivity contribution in [3.8, 4) is 17.1 Å². The van der Waals surface area contributed by atoms with Gasteiger partial charge in [-0.25, -0.2) is 9.50 Å². The molecular weight excluding hydrogens is 381 g/mol. The first kappa shape index (κ1) is 18.4. The molecule has 0 radical (unpaired) electrons. The zero-order chi connectivity index (χ0) is 19.7. The van der Waals surface area contributed by atoms with E-state index in [1.807, 2.05) is 30.3 Å². The van der Waals surface area contributed by atoms with Crippen LogP contribution in [0.4, 0.5) is 8.78 Å². The van der Waals surface area contributed by atoms with Gasteiger partial charge in [0.05, 0.1) is 29.2 Å². The second kappa shape index (κ2) is 7.24. The van der Waals surface area contributed by atoms with Crippen molar-refractivity contribution in [2.24, 2.45) is 4.99 Å². The van der Waals surface area contributed by atoms with E-state index < -0.39 is 5.66 Å². The van der Waals surface area contributed by atoms with E-state index in [1.165, 1.54) is 15.5 Å². The van der Waals surface area contributed by atoms with Crippen molar-refractivity contribution >= 4 is 21.0 Å². The van der Waals surface area contributed by atoms with Crippen molar-refractivity contribution in [2.45, 2.75) is 19.0 Å². The Kier molecular flexibility index (Phi) is 4.77. The van der Waals surface area contributed by atoms with Gasteiger partial charge in [-0.2, -0.15) is 13.9 Å². The lowest BCUT2D eigenvalue weighted by atomic mass is 10.1. The zero-order valence-electron chi connectivity index (χ0n) is 15.0. The molecule has 1 aliphatic rings. The Morgan fingerprint density at radius 2 is 2.00 bits per heavy atom. The van der Waals surface area contributed by atoms with Gasteiger partial charge in [0, 0.05) is 6.20 Å². The monoisotopic (exact) mass is 398 g/mol. The summed E-state index contributed by atoms with van der Waals surface area (Å²) in [6.45, 7) is 1.63. The molecule has 0 saturated carbocycles. The fraction of sp³-hybridized carbons (Fsp3) is 0.150. The zero-order valence-corrected chi connectivity index (χ0v) is 16.2. The molecule has 0 bridgehead atoms. The van der Waals surface area contributed by atoms with E-state index >= 15 is 0 Å². The molecule has 142 valence electrons. The number of hydrogen-bond acceptors (Lipinski definition) is 4. The van der Waals surface area contributed by atoms with Crippen LogP contribution in [0.3, 0.4) is 0 Å². The third-order valence-electron chi connectivity index (χ3n) is 4.33. The van der Waals surface area contributed by atoms with Crippen molar-refractivity contribution in [3.63, 3.8) is 0 Å². The summed E-state index contributed by atoms with van der Waals surface area (Å²) >= 11 is 0. The number of allylic oxidation sites excluding steroid dienone is 4. The molecule has 3 aromatic heterocycles. The van der Waals surface area contributed by atoms with E-state index in [9.17, 15) is 8.78 Å². The topological polar surface area (TPSA) is 51.8 Å². The van der Waals surface area contributed by atoms with Crippen molar-refractivity contribution in [1.82, 2.24) is 14.6 Å². The molecule has 5 nitrogen and oxygen atoms in total. The maximum absolute atomic E-state index is 13.7. The van der Waals surface area contributed by atoms with Gasteiger partial charge in [-0.3, -0.25) is 4.99 Å². The van der Waals surface area contributed by atoms with E-state index in [4.69, 9.17) is 4.74 Å². The second-order valence-electron chi connectivity index (χ2n) is 6.36. The number of aliphatic imine (C=N–C) groups is 1.